The van der Waals surface area contributed by atoms with Gasteiger partial charge < -0.3 is 9.64 Å². The van der Waals surface area contributed by atoms with Gasteiger partial charge in [0, 0.05) is 25.2 Å². The third-order valence-electron chi connectivity index (χ3n) is 3.86. The predicted octanol–water partition coefficient (Wildman–Crippen LogP) is 0.617. The predicted molar refractivity (Wildman–Crippen MR) is 77.4 cm³/mol. The molecule has 1 atom stereocenters. The van der Waals surface area contributed by atoms with Gasteiger partial charge in [-0.1, -0.05) is 5.21 Å². The van der Waals surface area contributed by atoms with Gasteiger partial charge in [-0.25, -0.2) is 4.98 Å². The Morgan fingerprint density at radius 1 is 1.50 bits per heavy atom. The first-order valence-corrected chi connectivity index (χ1v) is 7.20. The number of methoxy groups -OCH3 is 1. The first kappa shape index (κ1) is 14.4. The Morgan fingerprint density at radius 3 is 3.09 bits per heavy atom. The molecule has 2 aromatic heterocycles. The second-order valence-corrected chi connectivity index (χ2v) is 5.45. The van der Waals surface area contributed by atoms with Crippen LogP contribution >= 0.6 is 0 Å². The lowest BCUT2D eigenvalue weighted by Gasteiger charge is -2.17. The minimum absolute atomic E-state index is 0.0417. The Labute approximate surface area is 127 Å². The smallest absolute Gasteiger partial charge is 0.259 e. The van der Waals surface area contributed by atoms with E-state index in [9.17, 15) is 4.79 Å². The molecule has 1 aliphatic rings. The number of ether oxygens (including phenoxy) is 1. The monoisotopic (exact) mass is 302 g/mol. The minimum atomic E-state index is -0.0417. The quantitative estimate of drug-likeness (QED) is 0.889. The lowest BCUT2D eigenvalue weighted by molar-refractivity contribution is 0.0782. The van der Waals surface area contributed by atoms with Gasteiger partial charge in [-0.3, -0.25) is 4.79 Å². The number of carbonyl (C=O) groups excluding carboxylic acids is 1. The van der Waals surface area contributed by atoms with Gasteiger partial charge in [-0.2, -0.15) is 5.21 Å². The van der Waals surface area contributed by atoms with Crippen LogP contribution in [-0.2, 0) is 6.42 Å². The summed E-state index contributed by atoms with van der Waals surface area (Å²) in [5, 5.41) is 13.9. The van der Waals surface area contributed by atoms with E-state index in [2.05, 4.69) is 25.6 Å². The number of hydrogen-bond acceptors (Lipinski definition) is 6. The molecule has 1 saturated heterocycles. The van der Waals surface area contributed by atoms with Crippen molar-refractivity contribution < 1.29 is 9.53 Å². The highest BCUT2D eigenvalue weighted by molar-refractivity contribution is 5.96. The molecule has 2 aromatic rings. The number of H-pyrrole nitrogens is 1. The highest BCUT2D eigenvalue weighted by atomic mass is 16.5. The molecule has 1 aliphatic heterocycles. The molecule has 0 spiro atoms. The van der Waals surface area contributed by atoms with Crippen molar-refractivity contribution in [3.8, 4) is 5.88 Å². The molecular weight excluding hydrogens is 284 g/mol. The number of tetrazole rings is 1. The van der Waals surface area contributed by atoms with Crippen molar-refractivity contribution in [1.82, 2.24) is 30.5 Å². The second kappa shape index (κ2) is 6.08. The molecule has 1 N–H and O–H groups in total. The summed E-state index contributed by atoms with van der Waals surface area (Å²) in [5.41, 5.74) is 1.33. The Kier molecular flexibility index (Phi) is 3.99. The largest absolute Gasteiger partial charge is 0.480 e. The third-order valence-corrected chi connectivity index (χ3v) is 3.86. The van der Waals surface area contributed by atoms with E-state index in [0.717, 1.165) is 25.1 Å². The number of pyridine rings is 1. The molecule has 0 saturated carbocycles. The first-order chi connectivity index (χ1) is 10.7. The fourth-order valence-corrected chi connectivity index (χ4v) is 2.73. The molecule has 1 fully saturated rings. The number of aromatic nitrogens is 5. The Hall–Kier alpha value is -2.51. The lowest BCUT2D eigenvalue weighted by atomic mass is 10.1. The molecule has 1 unspecified atom stereocenters. The molecule has 0 bridgehead atoms. The van der Waals surface area contributed by atoms with E-state index in [0.29, 0.717) is 29.7 Å². The number of likely N-dealkylation sites (tertiary alicyclic amines) is 1. The summed E-state index contributed by atoms with van der Waals surface area (Å²) < 4.78 is 5.23. The molecular formula is C14H18N6O2. The summed E-state index contributed by atoms with van der Waals surface area (Å²) in [6.45, 7) is 3.27. The number of amides is 1. The van der Waals surface area contributed by atoms with Gasteiger partial charge in [0.2, 0.25) is 5.88 Å². The zero-order chi connectivity index (χ0) is 15.5. The minimum Gasteiger partial charge on any atom is -0.480 e. The van der Waals surface area contributed by atoms with Crippen LogP contribution in [0.4, 0.5) is 0 Å². The first-order valence-electron chi connectivity index (χ1n) is 7.20. The summed E-state index contributed by atoms with van der Waals surface area (Å²) in [4.78, 5) is 18.7. The Bertz CT molecular complexity index is 657. The van der Waals surface area contributed by atoms with Gasteiger partial charge in [-0.05, 0) is 31.4 Å². The molecule has 116 valence electrons. The molecule has 0 aliphatic carbocycles. The van der Waals surface area contributed by atoms with Gasteiger partial charge in [-0.15, -0.1) is 10.2 Å². The summed E-state index contributed by atoms with van der Waals surface area (Å²) in [6, 6.07) is 3.60. The average Bonchev–Trinajstić information content (AvgIpc) is 3.18. The van der Waals surface area contributed by atoms with Crippen molar-refractivity contribution in [3.63, 3.8) is 0 Å². The van der Waals surface area contributed by atoms with Crippen LogP contribution < -0.4 is 4.74 Å². The number of rotatable bonds is 4. The van der Waals surface area contributed by atoms with E-state index in [1.807, 2.05) is 17.9 Å². The Morgan fingerprint density at radius 2 is 2.36 bits per heavy atom. The highest BCUT2D eigenvalue weighted by Gasteiger charge is 2.29. The molecule has 3 heterocycles. The van der Waals surface area contributed by atoms with Crippen LogP contribution in [0.3, 0.4) is 0 Å². The van der Waals surface area contributed by atoms with E-state index in [-0.39, 0.29) is 5.91 Å². The fraction of sp³-hybridized carbons (Fsp3) is 0.500. The summed E-state index contributed by atoms with van der Waals surface area (Å²) in [5.74, 6) is 1.38. The topological polar surface area (TPSA) is 96.9 Å². The van der Waals surface area contributed by atoms with Crippen LogP contribution in [0.5, 0.6) is 5.88 Å². The maximum atomic E-state index is 12.6. The van der Waals surface area contributed by atoms with Crippen molar-refractivity contribution in [2.24, 2.45) is 5.92 Å². The van der Waals surface area contributed by atoms with Crippen molar-refractivity contribution >= 4 is 5.91 Å². The van der Waals surface area contributed by atoms with Crippen molar-refractivity contribution in [2.45, 2.75) is 19.8 Å². The van der Waals surface area contributed by atoms with Gasteiger partial charge in [0.05, 0.1) is 7.11 Å². The van der Waals surface area contributed by atoms with Gasteiger partial charge in [0.15, 0.2) is 5.82 Å². The van der Waals surface area contributed by atoms with Crippen molar-refractivity contribution in [1.29, 1.82) is 0 Å². The van der Waals surface area contributed by atoms with Gasteiger partial charge >= 0.3 is 0 Å². The normalized spacial score (nSPS) is 17.7. The molecule has 1 amide bonds. The van der Waals surface area contributed by atoms with Crippen molar-refractivity contribution in [2.75, 3.05) is 20.2 Å². The van der Waals surface area contributed by atoms with Crippen LogP contribution in [0, 0.1) is 12.8 Å². The van der Waals surface area contributed by atoms with Crippen LogP contribution in [0.2, 0.25) is 0 Å². The van der Waals surface area contributed by atoms with Crippen LogP contribution in [-0.4, -0.2) is 56.6 Å². The number of aromatic amines is 1. The SMILES string of the molecule is COc1nc(C)ccc1C(=O)N1CCC(Cc2nn[nH]n2)C1. The molecule has 8 heteroatoms. The molecule has 0 aromatic carbocycles. The average molecular weight is 302 g/mol. The third kappa shape index (κ3) is 2.90. The number of nitrogens with zero attached hydrogens (tertiary/aromatic N) is 5. The van der Waals surface area contributed by atoms with Gasteiger partial charge in [0.1, 0.15) is 5.56 Å². The summed E-state index contributed by atoms with van der Waals surface area (Å²) >= 11 is 0. The molecule has 22 heavy (non-hydrogen) atoms. The summed E-state index contributed by atoms with van der Waals surface area (Å²) in [6.07, 6.45) is 1.66. The summed E-state index contributed by atoms with van der Waals surface area (Å²) in [7, 11) is 1.53. The Balaban J connectivity index is 1.69. The van der Waals surface area contributed by atoms with Gasteiger partial charge in [0.25, 0.3) is 5.91 Å². The molecule has 3 rings (SSSR count). The van der Waals surface area contributed by atoms with E-state index in [4.69, 9.17) is 4.74 Å². The maximum Gasteiger partial charge on any atom is 0.259 e. The van der Waals surface area contributed by atoms with E-state index in [1.54, 1.807) is 6.07 Å². The van der Waals surface area contributed by atoms with Crippen LogP contribution in [0.15, 0.2) is 12.1 Å². The lowest BCUT2D eigenvalue weighted by Crippen LogP contribution is -2.29. The zero-order valence-electron chi connectivity index (χ0n) is 12.6. The standard InChI is InChI=1S/C14H18N6O2/c1-9-3-4-11(13(15-9)22-2)14(21)20-6-5-10(8-20)7-12-16-18-19-17-12/h3-4,10H,5-8H2,1-2H3,(H,16,17,18,19). The van der Waals surface area contributed by atoms with E-state index in [1.165, 1.54) is 7.11 Å². The second-order valence-electron chi connectivity index (χ2n) is 5.45. The molecule has 0 radical (unpaired) electrons. The van der Waals surface area contributed by atoms with Crippen LogP contribution in [0.25, 0.3) is 0 Å². The van der Waals surface area contributed by atoms with E-state index < -0.39 is 0 Å². The van der Waals surface area contributed by atoms with Crippen molar-refractivity contribution in [3.05, 3.63) is 29.2 Å². The number of aryl methyl sites for hydroxylation is 1. The number of nitrogens with one attached hydrogen (secondary N) is 1. The van der Waals surface area contributed by atoms with Crippen LogP contribution in [0.1, 0.15) is 28.3 Å². The zero-order valence-corrected chi connectivity index (χ0v) is 12.6. The van der Waals surface area contributed by atoms with E-state index >= 15 is 0 Å². The fourth-order valence-electron chi connectivity index (χ4n) is 2.73. The maximum absolute atomic E-state index is 12.6. The number of hydrogen-bond donors (Lipinski definition) is 1. The molecule has 8 nitrogen and oxygen atoms in total. The number of carbonyl (C=O) groups is 1. The highest BCUT2D eigenvalue weighted by Crippen LogP contribution is 2.24.